The maximum atomic E-state index is 11.0. The van der Waals surface area contributed by atoms with E-state index in [1.807, 2.05) is 11.8 Å². The highest BCUT2D eigenvalue weighted by Gasteiger charge is 2.41. The van der Waals surface area contributed by atoms with E-state index in [2.05, 4.69) is 32.0 Å². The largest absolute Gasteiger partial charge is 0.388 e. The van der Waals surface area contributed by atoms with Gasteiger partial charge >= 0.3 is 0 Å². The van der Waals surface area contributed by atoms with Crippen molar-refractivity contribution in [3.63, 3.8) is 0 Å². The topological polar surface area (TPSA) is 29.5 Å². The van der Waals surface area contributed by atoms with E-state index in [1.165, 1.54) is 22.6 Å². The lowest BCUT2D eigenvalue weighted by molar-refractivity contribution is -0.121. The minimum absolute atomic E-state index is 0.0474. The molecule has 0 saturated carbocycles. The Kier molecular flexibility index (Phi) is 4.63. The molecule has 2 atom stereocenters. The Morgan fingerprint density at radius 1 is 1.24 bits per heavy atom. The summed E-state index contributed by atoms with van der Waals surface area (Å²) in [7, 11) is 0. The number of rotatable bonds is 2. The van der Waals surface area contributed by atoms with Crippen molar-refractivity contribution in [2.75, 3.05) is 18.1 Å². The van der Waals surface area contributed by atoms with Crippen molar-refractivity contribution in [3.8, 4) is 0 Å². The number of ether oxygens (including phenoxy) is 1. The standard InChI is InChI=1S/C18H26O2S/c1-13-4-3-5-14(2)16(13)17(19)15-6-9-20-18(12-15)7-10-21-11-8-18/h3-5,15,17,19H,6-12H2,1-2H3. The first-order valence-corrected chi connectivity index (χ1v) is 9.23. The summed E-state index contributed by atoms with van der Waals surface area (Å²) in [5, 5.41) is 11.0. The molecule has 3 rings (SSSR count). The Bertz CT molecular complexity index is 468. The van der Waals surface area contributed by atoms with Crippen molar-refractivity contribution in [1.82, 2.24) is 0 Å². The molecule has 2 saturated heterocycles. The average Bonchev–Trinajstić information content (AvgIpc) is 2.48. The average molecular weight is 306 g/mol. The van der Waals surface area contributed by atoms with Gasteiger partial charge in [0.2, 0.25) is 0 Å². The molecule has 0 aliphatic carbocycles. The van der Waals surface area contributed by atoms with Crippen molar-refractivity contribution in [2.24, 2.45) is 5.92 Å². The molecule has 2 aliphatic rings. The number of hydrogen-bond donors (Lipinski definition) is 1. The summed E-state index contributed by atoms with van der Waals surface area (Å²) in [5.41, 5.74) is 3.61. The molecule has 1 aromatic rings. The summed E-state index contributed by atoms with van der Waals surface area (Å²) in [4.78, 5) is 0. The van der Waals surface area contributed by atoms with Gasteiger partial charge in [0.15, 0.2) is 0 Å². The highest BCUT2D eigenvalue weighted by Crippen LogP contribution is 2.44. The van der Waals surface area contributed by atoms with Gasteiger partial charge in [-0.25, -0.2) is 0 Å². The second-order valence-corrected chi connectivity index (χ2v) is 7.87. The van der Waals surface area contributed by atoms with Gasteiger partial charge in [0, 0.05) is 6.61 Å². The van der Waals surface area contributed by atoms with E-state index >= 15 is 0 Å². The van der Waals surface area contributed by atoms with E-state index < -0.39 is 0 Å². The van der Waals surface area contributed by atoms with Crippen molar-refractivity contribution in [3.05, 3.63) is 34.9 Å². The van der Waals surface area contributed by atoms with Crippen LogP contribution >= 0.6 is 11.8 Å². The van der Waals surface area contributed by atoms with Crippen LogP contribution in [0.15, 0.2) is 18.2 Å². The van der Waals surface area contributed by atoms with Crippen LogP contribution in [0.25, 0.3) is 0 Å². The maximum Gasteiger partial charge on any atom is 0.0825 e. The van der Waals surface area contributed by atoms with Crippen LogP contribution in [0.4, 0.5) is 0 Å². The first-order valence-electron chi connectivity index (χ1n) is 8.07. The molecule has 1 aromatic carbocycles. The molecular weight excluding hydrogens is 280 g/mol. The van der Waals surface area contributed by atoms with E-state index in [1.54, 1.807) is 0 Å². The van der Waals surface area contributed by atoms with Gasteiger partial charge in [0.1, 0.15) is 0 Å². The van der Waals surface area contributed by atoms with E-state index in [4.69, 9.17) is 4.74 Å². The van der Waals surface area contributed by atoms with Crippen molar-refractivity contribution in [2.45, 2.75) is 51.2 Å². The smallest absolute Gasteiger partial charge is 0.0825 e. The van der Waals surface area contributed by atoms with E-state index in [0.29, 0.717) is 5.92 Å². The van der Waals surface area contributed by atoms with E-state index in [-0.39, 0.29) is 11.7 Å². The van der Waals surface area contributed by atoms with Crippen LogP contribution in [0.2, 0.25) is 0 Å². The predicted octanol–water partition coefficient (Wildman–Crippen LogP) is 4.03. The normalized spacial score (nSPS) is 26.7. The zero-order valence-electron chi connectivity index (χ0n) is 13.1. The van der Waals surface area contributed by atoms with Crippen LogP contribution in [0.1, 0.15) is 48.5 Å². The molecule has 1 N–H and O–H groups in total. The fraction of sp³-hybridized carbons (Fsp3) is 0.667. The number of hydrogen-bond acceptors (Lipinski definition) is 3. The van der Waals surface area contributed by atoms with Gasteiger partial charge < -0.3 is 9.84 Å². The molecule has 2 nitrogen and oxygen atoms in total. The van der Waals surface area contributed by atoms with E-state index in [9.17, 15) is 5.11 Å². The third kappa shape index (κ3) is 3.15. The van der Waals surface area contributed by atoms with Crippen LogP contribution < -0.4 is 0 Å². The second-order valence-electron chi connectivity index (χ2n) is 6.65. The molecule has 2 aliphatic heterocycles. The zero-order valence-corrected chi connectivity index (χ0v) is 13.9. The van der Waals surface area contributed by atoms with Gasteiger partial charge in [-0.2, -0.15) is 11.8 Å². The number of aryl methyl sites for hydroxylation is 2. The van der Waals surface area contributed by atoms with Gasteiger partial charge in [-0.05, 0) is 73.6 Å². The van der Waals surface area contributed by atoms with Gasteiger partial charge in [0.05, 0.1) is 11.7 Å². The molecule has 2 heterocycles. The summed E-state index contributed by atoms with van der Waals surface area (Å²) >= 11 is 2.03. The number of aliphatic hydroxyl groups excluding tert-OH is 1. The van der Waals surface area contributed by atoms with Gasteiger partial charge in [-0.1, -0.05) is 18.2 Å². The molecule has 0 bridgehead atoms. The van der Waals surface area contributed by atoms with Crippen LogP contribution in [-0.2, 0) is 4.74 Å². The molecule has 0 radical (unpaired) electrons. The molecule has 116 valence electrons. The minimum atomic E-state index is -0.346. The summed E-state index contributed by atoms with van der Waals surface area (Å²) in [5.74, 6) is 2.74. The van der Waals surface area contributed by atoms with Crippen LogP contribution in [-0.4, -0.2) is 28.8 Å². The maximum absolute atomic E-state index is 11.0. The Morgan fingerprint density at radius 2 is 1.90 bits per heavy atom. The summed E-state index contributed by atoms with van der Waals surface area (Å²) in [6.07, 6.45) is 3.94. The Balaban J connectivity index is 1.79. The van der Waals surface area contributed by atoms with Crippen molar-refractivity contribution < 1.29 is 9.84 Å². The van der Waals surface area contributed by atoms with Gasteiger partial charge in [-0.3, -0.25) is 0 Å². The van der Waals surface area contributed by atoms with Crippen LogP contribution in [0, 0.1) is 19.8 Å². The minimum Gasteiger partial charge on any atom is -0.388 e. The van der Waals surface area contributed by atoms with Crippen LogP contribution in [0.3, 0.4) is 0 Å². The quantitative estimate of drug-likeness (QED) is 0.894. The Morgan fingerprint density at radius 3 is 2.57 bits per heavy atom. The summed E-state index contributed by atoms with van der Waals surface area (Å²) < 4.78 is 6.16. The van der Waals surface area contributed by atoms with Crippen molar-refractivity contribution >= 4 is 11.8 Å². The molecule has 21 heavy (non-hydrogen) atoms. The van der Waals surface area contributed by atoms with Crippen molar-refractivity contribution in [1.29, 1.82) is 0 Å². The number of benzene rings is 1. The lowest BCUT2D eigenvalue weighted by Gasteiger charge is -2.44. The molecule has 1 spiro atoms. The second kappa shape index (κ2) is 6.31. The molecule has 2 fully saturated rings. The summed E-state index contributed by atoms with van der Waals surface area (Å²) in [6.45, 7) is 5.02. The van der Waals surface area contributed by atoms with E-state index in [0.717, 1.165) is 37.9 Å². The zero-order chi connectivity index (χ0) is 14.9. The fourth-order valence-electron chi connectivity index (χ4n) is 3.96. The van der Waals surface area contributed by atoms with Gasteiger partial charge in [0.25, 0.3) is 0 Å². The highest BCUT2D eigenvalue weighted by molar-refractivity contribution is 7.99. The third-order valence-electron chi connectivity index (χ3n) is 5.22. The third-order valence-corrected chi connectivity index (χ3v) is 6.21. The highest BCUT2D eigenvalue weighted by atomic mass is 32.2. The Hall–Kier alpha value is -0.510. The molecule has 0 aromatic heterocycles. The summed E-state index contributed by atoms with van der Waals surface area (Å²) in [6, 6.07) is 6.29. The molecule has 2 unspecified atom stereocenters. The first-order chi connectivity index (χ1) is 10.1. The number of aliphatic hydroxyl groups is 1. The van der Waals surface area contributed by atoms with Gasteiger partial charge in [-0.15, -0.1) is 0 Å². The first kappa shape index (κ1) is 15.4. The number of thioether (sulfide) groups is 1. The lowest BCUT2D eigenvalue weighted by Crippen LogP contribution is -2.44. The Labute approximate surface area is 132 Å². The molecular formula is C18H26O2S. The molecule has 0 amide bonds. The van der Waals surface area contributed by atoms with Crippen LogP contribution in [0.5, 0.6) is 0 Å². The predicted molar refractivity (Wildman–Crippen MR) is 88.8 cm³/mol. The molecule has 3 heteroatoms. The fourth-order valence-corrected chi connectivity index (χ4v) is 5.19. The monoisotopic (exact) mass is 306 g/mol. The SMILES string of the molecule is Cc1cccc(C)c1C(O)C1CCOC2(CCSCC2)C1. The lowest BCUT2D eigenvalue weighted by atomic mass is 9.77.